The summed E-state index contributed by atoms with van der Waals surface area (Å²) in [6, 6.07) is 1.07. The Bertz CT molecular complexity index is 400. The smallest absolute Gasteiger partial charge is 0.388 e. The van der Waals surface area contributed by atoms with Gasteiger partial charge >= 0.3 is 6.18 Å². The number of aliphatic hydroxyl groups excluding tert-OH is 1. The van der Waals surface area contributed by atoms with Crippen molar-refractivity contribution in [2.24, 2.45) is 5.73 Å². The molecular weight excluding hydrogens is 297 g/mol. The molecule has 0 bridgehead atoms. The molecule has 0 aromatic heterocycles. The summed E-state index contributed by atoms with van der Waals surface area (Å²) < 4.78 is 49.2. The van der Waals surface area contributed by atoms with Crippen LogP contribution < -0.4 is 5.73 Å². The average Bonchev–Trinajstić information content (AvgIpc) is 2.20. The molecule has 2 atom stereocenters. The first-order valence-electron chi connectivity index (χ1n) is 4.67. The number of alkyl halides is 3. The van der Waals surface area contributed by atoms with E-state index in [9.17, 15) is 22.7 Å². The molecule has 0 aliphatic rings. The van der Waals surface area contributed by atoms with Crippen molar-refractivity contribution in [3.05, 3.63) is 34.6 Å². The summed E-state index contributed by atoms with van der Waals surface area (Å²) in [6.07, 6.45) is -6.72. The number of rotatable bonds is 3. The van der Waals surface area contributed by atoms with E-state index in [4.69, 9.17) is 17.3 Å². The first-order chi connectivity index (χ1) is 7.71. The van der Waals surface area contributed by atoms with Crippen molar-refractivity contribution in [3.63, 3.8) is 0 Å². The molecule has 0 aliphatic carbocycles. The average molecular weight is 308 g/mol. The van der Waals surface area contributed by atoms with E-state index in [1.54, 1.807) is 0 Å². The van der Waals surface area contributed by atoms with Gasteiger partial charge in [0.2, 0.25) is 0 Å². The monoisotopic (exact) mass is 307 g/mol. The predicted octanol–water partition coefficient (Wildman–Crippen LogP) is 3.21. The highest BCUT2D eigenvalue weighted by Gasteiger charge is 2.37. The molecule has 104 valence electrons. The summed E-state index contributed by atoms with van der Waals surface area (Å²) in [7, 11) is 0. The van der Waals surface area contributed by atoms with Crippen LogP contribution in [0, 0.1) is 5.82 Å². The van der Waals surface area contributed by atoms with Crippen molar-refractivity contribution in [2.45, 2.75) is 24.7 Å². The maximum Gasteiger partial charge on any atom is 0.403 e. The molecule has 18 heavy (non-hydrogen) atoms. The standard InChI is InChI=1S/C10H10ClF4NO.ClH/c11-6-3-5(1-2-7(6)12)8(17)4-9(16)10(13,14)15;/h1-3,8-9,17H,4,16H2;1H/t8-,9+;/m1./s1. The minimum Gasteiger partial charge on any atom is -0.388 e. The van der Waals surface area contributed by atoms with Gasteiger partial charge in [0, 0.05) is 6.42 Å². The molecule has 0 saturated carbocycles. The van der Waals surface area contributed by atoms with E-state index >= 15 is 0 Å². The number of nitrogens with two attached hydrogens (primary N) is 1. The van der Waals surface area contributed by atoms with Gasteiger partial charge in [-0.3, -0.25) is 0 Å². The van der Waals surface area contributed by atoms with Crippen LogP contribution in [0.2, 0.25) is 5.02 Å². The lowest BCUT2D eigenvalue weighted by atomic mass is 10.0. The van der Waals surface area contributed by atoms with Gasteiger partial charge in [0.05, 0.1) is 11.1 Å². The fourth-order valence-corrected chi connectivity index (χ4v) is 1.42. The maximum atomic E-state index is 12.8. The van der Waals surface area contributed by atoms with Crippen LogP contribution in [0.15, 0.2) is 18.2 Å². The molecule has 0 radical (unpaired) electrons. The molecule has 0 aliphatic heterocycles. The van der Waals surface area contributed by atoms with Crippen molar-refractivity contribution in [1.29, 1.82) is 0 Å². The maximum absolute atomic E-state index is 12.8. The van der Waals surface area contributed by atoms with Gasteiger partial charge < -0.3 is 10.8 Å². The van der Waals surface area contributed by atoms with Crippen molar-refractivity contribution in [3.8, 4) is 0 Å². The van der Waals surface area contributed by atoms with E-state index < -0.39 is 30.6 Å². The fraction of sp³-hybridized carbons (Fsp3) is 0.400. The largest absolute Gasteiger partial charge is 0.403 e. The lowest BCUT2D eigenvalue weighted by molar-refractivity contribution is -0.153. The minimum atomic E-state index is -4.58. The normalized spacial score (nSPS) is 14.8. The van der Waals surface area contributed by atoms with Gasteiger partial charge in [0.25, 0.3) is 0 Å². The predicted molar refractivity (Wildman–Crippen MR) is 62.3 cm³/mol. The van der Waals surface area contributed by atoms with Gasteiger partial charge in [0.15, 0.2) is 0 Å². The van der Waals surface area contributed by atoms with Crippen molar-refractivity contribution < 1.29 is 22.7 Å². The summed E-state index contributed by atoms with van der Waals surface area (Å²) >= 11 is 5.44. The SMILES string of the molecule is Cl.N[C@@H](C[C@@H](O)c1ccc(F)c(Cl)c1)C(F)(F)F. The van der Waals surface area contributed by atoms with Crippen molar-refractivity contribution >= 4 is 24.0 Å². The molecule has 0 saturated heterocycles. The Morgan fingerprint density at radius 2 is 1.89 bits per heavy atom. The zero-order chi connectivity index (χ0) is 13.2. The van der Waals surface area contributed by atoms with E-state index in [1.807, 2.05) is 0 Å². The summed E-state index contributed by atoms with van der Waals surface area (Å²) in [5, 5.41) is 9.25. The number of halogens is 6. The van der Waals surface area contributed by atoms with Crippen molar-refractivity contribution in [2.75, 3.05) is 0 Å². The van der Waals surface area contributed by atoms with Crippen LogP contribution in [0.25, 0.3) is 0 Å². The van der Waals surface area contributed by atoms with Crippen LogP contribution in [0.4, 0.5) is 17.6 Å². The van der Waals surface area contributed by atoms with Crippen molar-refractivity contribution in [1.82, 2.24) is 0 Å². The molecule has 2 nitrogen and oxygen atoms in total. The number of aliphatic hydroxyl groups is 1. The van der Waals surface area contributed by atoms with E-state index in [2.05, 4.69) is 0 Å². The first-order valence-corrected chi connectivity index (χ1v) is 5.05. The Hall–Kier alpha value is -0.560. The van der Waals surface area contributed by atoms with E-state index in [0.717, 1.165) is 18.2 Å². The number of benzene rings is 1. The second-order valence-corrected chi connectivity index (χ2v) is 3.98. The van der Waals surface area contributed by atoms with Crippen LogP contribution in [-0.2, 0) is 0 Å². The van der Waals surface area contributed by atoms with Gasteiger partial charge in [-0.25, -0.2) is 4.39 Å². The van der Waals surface area contributed by atoms with Crippen LogP contribution in [-0.4, -0.2) is 17.3 Å². The summed E-state index contributed by atoms with van der Waals surface area (Å²) in [4.78, 5) is 0. The quantitative estimate of drug-likeness (QED) is 0.842. The molecule has 0 fully saturated rings. The molecule has 0 amide bonds. The summed E-state index contributed by atoms with van der Waals surface area (Å²) in [6.45, 7) is 0. The molecule has 8 heteroatoms. The Kier molecular flexibility index (Phi) is 6.36. The highest BCUT2D eigenvalue weighted by Crippen LogP contribution is 2.28. The van der Waals surface area contributed by atoms with E-state index in [-0.39, 0.29) is 23.0 Å². The molecule has 3 N–H and O–H groups in total. The molecule has 0 heterocycles. The second kappa shape index (κ2) is 6.56. The summed E-state index contributed by atoms with van der Waals surface area (Å²) in [5.74, 6) is -0.706. The topological polar surface area (TPSA) is 46.2 Å². The lowest BCUT2D eigenvalue weighted by Crippen LogP contribution is -2.38. The van der Waals surface area contributed by atoms with Crippen LogP contribution in [0.1, 0.15) is 18.1 Å². The number of hydrogen-bond acceptors (Lipinski definition) is 2. The van der Waals surface area contributed by atoms with Crippen LogP contribution in [0.5, 0.6) is 0 Å². The first kappa shape index (κ1) is 17.4. The Labute approximate surface area is 112 Å². The molecular formula is C10H11Cl2F4NO. The zero-order valence-corrected chi connectivity index (χ0v) is 10.5. The molecule has 1 rings (SSSR count). The van der Waals surface area contributed by atoms with Gasteiger partial charge in [-0.05, 0) is 17.7 Å². The van der Waals surface area contributed by atoms with Gasteiger partial charge in [0.1, 0.15) is 11.9 Å². The van der Waals surface area contributed by atoms with Gasteiger partial charge in [-0.2, -0.15) is 13.2 Å². The van der Waals surface area contributed by atoms with Crippen LogP contribution in [0.3, 0.4) is 0 Å². The Morgan fingerprint density at radius 3 is 2.33 bits per heavy atom. The fourth-order valence-electron chi connectivity index (χ4n) is 1.23. The van der Waals surface area contributed by atoms with Crippen LogP contribution >= 0.6 is 24.0 Å². The third kappa shape index (κ3) is 4.61. The van der Waals surface area contributed by atoms with E-state index in [0.29, 0.717) is 0 Å². The van der Waals surface area contributed by atoms with Gasteiger partial charge in [-0.15, -0.1) is 12.4 Å². The minimum absolute atomic E-state index is 0. The molecule has 0 unspecified atom stereocenters. The lowest BCUT2D eigenvalue weighted by Gasteiger charge is -2.19. The third-order valence-corrected chi connectivity index (χ3v) is 2.52. The Morgan fingerprint density at radius 1 is 1.33 bits per heavy atom. The summed E-state index contributed by atoms with van der Waals surface area (Å²) in [5.41, 5.74) is 4.96. The highest BCUT2D eigenvalue weighted by molar-refractivity contribution is 6.30. The highest BCUT2D eigenvalue weighted by atomic mass is 35.5. The molecule has 0 spiro atoms. The Balaban J connectivity index is 0.00000289. The second-order valence-electron chi connectivity index (χ2n) is 3.57. The zero-order valence-electron chi connectivity index (χ0n) is 8.92. The van der Waals surface area contributed by atoms with E-state index in [1.165, 1.54) is 0 Å². The van der Waals surface area contributed by atoms with Gasteiger partial charge in [-0.1, -0.05) is 17.7 Å². The molecule has 1 aromatic rings. The number of hydrogen-bond donors (Lipinski definition) is 2. The molecule has 1 aromatic carbocycles. The third-order valence-electron chi connectivity index (χ3n) is 2.23.